The first-order valence-electron chi connectivity index (χ1n) is 5.01. The molecule has 0 aliphatic carbocycles. The summed E-state index contributed by atoms with van der Waals surface area (Å²) < 4.78 is 37.6. The van der Waals surface area contributed by atoms with Crippen LogP contribution < -0.4 is 0 Å². The molecule has 1 aliphatic heterocycles. The van der Waals surface area contributed by atoms with Crippen LogP contribution in [0.3, 0.4) is 0 Å². The molecular formula is C12H12F3N. The molecule has 0 saturated carbocycles. The fourth-order valence-electron chi connectivity index (χ4n) is 1.92. The summed E-state index contributed by atoms with van der Waals surface area (Å²) in [7, 11) is 1.70. The van der Waals surface area contributed by atoms with Gasteiger partial charge in [-0.1, -0.05) is 36.4 Å². The molecule has 0 radical (unpaired) electrons. The second-order valence-electron chi connectivity index (χ2n) is 3.96. The van der Waals surface area contributed by atoms with Gasteiger partial charge in [0, 0.05) is 12.1 Å². The van der Waals surface area contributed by atoms with Gasteiger partial charge in [-0.2, -0.15) is 13.2 Å². The predicted molar refractivity (Wildman–Crippen MR) is 56.0 cm³/mol. The van der Waals surface area contributed by atoms with Crippen LogP contribution in [0.1, 0.15) is 11.6 Å². The highest BCUT2D eigenvalue weighted by Gasteiger charge is 2.39. The SMILES string of the molecule is CN1CC(C(F)(F)F)=CC1c1ccccc1. The second-order valence-corrected chi connectivity index (χ2v) is 3.96. The summed E-state index contributed by atoms with van der Waals surface area (Å²) in [5.74, 6) is 0. The minimum absolute atomic E-state index is 0.0386. The van der Waals surface area contributed by atoms with Crippen LogP contribution in [0, 0.1) is 0 Å². The Morgan fingerprint density at radius 3 is 2.31 bits per heavy atom. The van der Waals surface area contributed by atoms with Crippen molar-refractivity contribution >= 4 is 0 Å². The van der Waals surface area contributed by atoms with Gasteiger partial charge >= 0.3 is 6.18 Å². The van der Waals surface area contributed by atoms with Crippen LogP contribution in [-0.4, -0.2) is 24.7 Å². The van der Waals surface area contributed by atoms with Gasteiger partial charge in [-0.05, 0) is 12.6 Å². The topological polar surface area (TPSA) is 3.24 Å². The van der Waals surface area contributed by atoms with Gasteiger partial charge in [-0.15, -0.1) is 0 Å². The van der Waals surface area contributed by atoms with Crippen LogP contribution in [0.25, 0.3) is 0 Å². The van der Waals surface area contributed by atoms with E-state index < -0.39 is 11.7 Å². The number of halogens is 3. The Kier molecular flexibility index (Phi) is 2.76. The van der Waals surface area contributed by atoms with Crippen molar-refractivity contribution in [3.63, 3.8) is 0 Å². The molecule has 0 aromatic heterocycles. The lowest BCUT2D eigenvalue weighted by molar-refractivity contribution is -0.0933. The van der Waals surface area contributed by atoms with Gasteiger partial charge in [-0.3, -0.25) is 4.90 Å². The molecule has 1 aromatic carbocycles. The Balaban J connectivity index is 2.28. The summed E-state index contributed by atoms with van der Waals surface area (Å²) in [6, 6.07) is 8.95. The van der Waals surface area contributed by atoms with Gasteiger partial charge in [0.2, 0.25) is 0 Å². The fraction of sp³-hybridized carbons (Fsp3) is 0.333. The third-order valence-electron chi connectivity index (χ3n) is 2.76. The first kappa shape index (κ1) is 11.2. The monoisotopic (exact) mass is 227 g/mol. The summed E-state index contributed by atoms with van der Waals surface area (Å²) in [5.41, 5.74) is 0.438. The van der Waals surface area contributed by atoms with Crippen molar-refractivity contribution < 1.29 is 13.2 Å². The smallest absolute Gasteiger partial charge is 0.292 e. The molecule has 1 nitrogen and oxygen atoms in total. The molecule has 16 heavy (non-hydrogen) atoms. The van der Waals surface area contributed by atoms with E-state index in [0.717, 1.165) is 5.56 Å². The zero-order valence-electron chi connectivity index (χ0n) is 8.83. The number of alkyl halides is 3. The maximum absolute atomic E-state index is 12.5. The molecule has 0 fully saturated rings. The van der Waals surface area contributed by atoms with Gasteiger partial charge in [0.25, 0.3) is 0 Å². The third-order valence-corrected chi connectivity index (χ3v) is 2.76. The van der Waals surface area contributed by atoms with Crippen molar-refractivity contribution in [1.29, 1.82) is 0 Å². The molecule has 1 aromatic rings. The molecule has 0 spiro atoms. The van der Waals surface area contributed by atoms with Crippen molar-refractivity contribution in [3.05, 3.63) is 47.5 Å². The molecule has 86 valence electrons. The van der Waals surface area contributed by atoms with Crippen molar-refractivity contribution in [2.24, 2.45) is 0 Å². The molecule has 1 aliphatic rings. The van der Waals surface area contributed by atoms with E-state index in [2.05, 4.69) is 0 Å². The van der Waals surface area contributed by atoms with Crippen LogP contribution >= 0.6 is 0 Å². The lowest BCUT2D eigenvalue weighted by atomic mass is 10.1. The van der Waals surface area contributed by atoms with E-state index in [9.17, 15) is 13.2 Å². The summed E-state index contributed by atoms with van der Waals surface area (Å²) >= 11 is 0. The summed E-state index contributed by atoms with van der Waals surface area (Å²) in [4.78, 5) is 1.69. The molecule has 0 amide bonds. The lowest BCUT2D eigenvalue weighted by Crippen LogP contribution is -2.22. The zero-order valence-corrected chi connectivity index (χ0v) is 8.83. The van der Waals surface area contributed by atoms with Gasteiger partial charge in [0.15, 0.2) is 0 Å². The lowest BCUT2D eigenvalue weighted by Gasteiger charge is -2.19. The average Bonchev–Trinajstić information content (AvgIpc) is 2.61. The minimum Gasteiger partial charge on any atom is -0.292 e. The molecule has 1 heterocycles. The van der Waals surface area contributed by atoms with E-state index in [1.165, 1.54) is 6.08 Å². The number of hydrogen-bond acceptors (Lipinski definition) is 1. The Morgan fingerprint density at radius 1 is 1.19 bits per heavy atom. The quantitative estimate of drug-likeness (QED) is 0.666. The number of hydrogen-bond donors (Lipinski definition) is 0. The van der Waals surface area contributed by atoms with E-state index in [1.807, 2.05) is 30.3 Å². The Morgan fingerprint density at radius 2 is 1.81 bits per heavy atom. The molecule has 0 bridgehead atoms. The van der Waals surface area contributed by atoms with Crippen LogP contribution in [0.4, 0.5) is 13.2 Å². The van der Waals surface area contributed by atoms with Crippen LogP contribution in [0.5, 0.6) is 0 Å². The molecule has 2 rings (SSSR count). The summed E-state index contributed by atoms with van der Waals surface area (Å²) in [5, 5.41) is 0. The van der Waals surface area contributed by atoms with Gasteiger partial charge in [0.1, 0.15) is 0 Å². The standard InChI is InChI=1S/C12H12F3N/c1-16-8-10(12(13,14)15)7-11(16)9-5-3-2-4-6-9/h2-7,11H,8H2,1H3. The van der Waals surface area contributed by atoms with Crippen LogP contribution in [0.15, 0.2) is 42.0 Å². The Bertz CT molecular complexity index is 394. The summed E-state index contributed by atoms with van der Waals surface area (Å²) in [6.45, 7) is -0.0386. The van der Waals surface area contributed by atoms with Crippen molar-refractivity contribution in [2.75, 3.05) is 13.6 Å². The maximum Gasteiger partial charge on any atom is 0.413 e. The molecule has 4 heteroatoms. The molecular weight excluding hydrogens is 215 g/mol. The van der Waals surface area contributed by atoms with Gasteiger partial charge in [0.05, 0.1) is 6.04 Å². The average molecular weight is 227 g/mol. The predicted octanol–water partition coefficient (Wildman–Crippen LogP) is 3.16. The number of likely N-dealkylation sites (N-methyl/N-ethyl adjacent to an activating group) is 1. The van der Waals surface area contributed by atoms with E-state index in [0.29, 0.717) is 0 Å². The van der Waals surface area contributed by atoms with E-state index in [1.54, 1.807) is 11.9 Å². The Labute approximate surface area is 92.2 Å². The Hall–Kier alpha value is -1.29. The molecule has 0 saturated heterocycles. The summed E-state index contributed by atoms with van der Waals surface area (Å²) in [6.07, 6.45) is -2.91. The minimum atomic E-state index is -4.21. The normalized spacial score (nSPS) is 22.2. The van der Waals surface area contributed by atoms with E-state index >= 15 is 0 Å². The van der Waals surface area contributed by atoms with Crippen molar-refractivity contribution in [3.8, 4) is 0 Å². The van der Waals surface area contributed by atoms with E-state index in [4.69, 9.17) is 0 Å². The highest BCUT2D eigenvalue weighted by molar-refractivity contribution is 5.30. The van der Waals surface area contributed by atoms with Gasteiger partial charge in [-0.25, -0.2) is 0 Å². The molecule has 1 atom stereocenters. The van der Waals surface area contributed by atoms with Crippen molar-refractivity contribution in [1.82, 2.24) is 4.90 Å². The number of rotatable bonds is 1. The van der Waals surface area contributed by atoms with E-state index in [-0.39, 0.29) is 12.6 Å². The first-order valence-corrected chi connectivity index (χ1v) is 5.01. The highest BCUT2D eigenvalue weighted by Crippen LogP contribution is 2.36. The van der Waals surface area contributed by atoms with Gasteiger partial charge < -0.3 is 0 Å². The molecule has 0 N–H and O–H groups in total. The number of nitrogens with zero attached hydrogens (tertiary/aromatic N) is 1. The number of benzene rings is 1. The van der Waals surface area contributed by atoms with Crippen LogP contribution in [-0.2, 0) is 0 Å². The van der Waals surface area contributed by atoms with Crippen molar-refractivity contribution in [2.45, 2.75) is 12.2 Å². The zero-order chi connectivity index (χ0) is 11.8. The maximum atomic E-state index is 12.5. The first-order chi connectivity index (χ1) is 7.48. The van der Waals surface area contributed by atoms with Crippen LogP contribution in [0.2, 0.25) is 0 Å². The second kappa shape index (κ2) is 3.94. The third kappa shape index (κ3) is 2.11. The largest absolute Gasteiger partial charge is 0.413 e. The highest BCUT2D eigenvalue weighted by atomic mass is 19.4. The fourth-order valence-corrected chi connectivity index (χ4v) is 1.92. The molecule has 1 unspecified atom stereocenters.